The van der Waals surface area contributed by atoms with E-state index in [0.29, 0.717) is 0 Å². The SMILES string of the molecule is NNS(=O)(=O)c1c[c]ccc1. The number of rotatable bonds is 2. The summed E-state index contributed by atoms with van der Waals surface area (Å²) in [4.78, 5) is 1.82. The van der Waals surface area contributed by atoms with Crippen LogP contribution in [-0.2, 0) is 10.0 Å². The van der Waals surface area contributed by atoms with Gasteiger partial charge >= 0.3 is 0 Å². The molecule has 0 aliphatic rings. The molecule has 1 rings (SSSR count). The third kappa shape index (κ3) is 1.76. The Bertz CT molecular complexity index is 320. The minimum absolute atomic E-state index is 0.113. The highest BCUT2D eigenvalue weighted by Gasteiger charge is 2.08. The van der Waals surface area contributed by atoms with Crippen molar-refractivity contribution in [1.29, 1.82) is 0 Å². The highest BCUT2D eigenvalue weighted by Crippen LogP contribution is 2.04. The highest BCUT2D eigenvalue weighted by atomic mass is 32.2. The molecule has 0 unspecified atom stereocenters. The van der Waals surface area contributed by atoms with Crippen LogP contribution in [0.15, 0.2) is 29.2 Å². The third-order valence-corrected chi connectivity index (χ3v) is 2.33. The van der Waals surface area contributed by atoms with Gasteiger partial charge in [0.2, 0.25) is 0 Å². The van der Waals surface area contributed by atoms with Crippen LogP contribution in [0.25, 0.3) is 0 Å². The van der Waals surface area contributed by atoms with Gasteiger partial charge in [0.15, 0.2) is 0 Å². The molecule has 0 spiro atoms. The van der Waals surface area contributed by atoms with Crippen molar-refractivity contribution < 1.29 is 8.42 Å². The molecular weight excluding hydrogens is 164 g/mol. The van der Waals surface area contributed by atoms with Gasteiger partial charge in [0.25, 0.3) is 10.0 Å². The van der Waals surface area contributed by atoms with E-state index in [2.05, 4.69) is 6.07 Å². The molecule has 0 aliphatic carbocycles. The summed E-state index contributed by atoms with van der Waals surface area (Å²) in [5, 5.41) is 0. The fraction of sp³-hybridized carbons (Fsp3) is 0. The molecule has 1 radical (unpaired) electrons. The maximum absolute atomic E-state index is 10.9. The number of hydrogen-bond acceptors (Lipinski definition) is 3. The maximum atomic E-state index is 10.9. The number of hydrogen-bond donors (Lipinski definition) is 2. The molecule has 0 bridgehead atoms. The molecule has 0 aliphatic heterocycles. The standard InChI is InChI=1S/C6H7N2O2S/c7-8-11(9,10)6-4-2-1-3-5-6/h1-2,4-5,8H,7H2. The summed E-state index contributed by atoms with van der Waals surface area (Å²) >= 11 is 0. The summed E-state index contributed by atoms with van der Waals surface area (Å²) in [5.74, 6) is 4.79. The lowest BCUT2D eigenvalue weighted by Gasteiger charge is -1.99. The summed E-state index contributed by atoms with van der Waals surface area (Å²) in [5.41, 5.74) is 0. The van der Waals surface area contributed by atoms with E-state index in [0.717, 1.165) is 0 Å². The van der Waals surface area contributed by atoms with Gasteiger partial charge in [-0.1, -0.05) is 12.1 Å². The van der Waals surface area contributed by atoms with Crippen molar-refractivity contribution >= 4 is 10.0 Å². The number of sulfonamides is 1. The zero-order chi connectivity index (χ0) is 8.32. The minimum atomic E-state index is -3.50. The molecular formula is C6H7N2O2S. The van der Waals surface area contributed by atoms with Gasteiger partial charge < -0.3 is 0 Å². The first kappa shape index (κ1) is 8.19. The second-order valence-electron chi connectivity index (χ2n) is 1.86. The largest absolute Gasteiger partial charge is 0.257 e. The number of hydrazine groups is 1. The molecule has 0 saturated heterocycles. The fourth-order valence-electron chi connectivity index (χ4n) is 0.612. The number of benzene rings is 1. The Labute approximate surface area is 65.1 Å². The average molecular weight is 171 g/mol. The molecule has 4 nitrogen and oxygen atoms in total. The van der Waals surface area contributed by atoms with Gasteiger partial charge in [0.05, 0.1) is 4.90 Å². The van der Waals surface area contributed by atoms with Gasteiger partial charge in [-0.05, 0) is 18.2 Å². The quantitative estimate of drug-likeness (QED) is 0.471. The molecule has 11 heavy (non-hydrogen) atoms. The monoisotopic (exact) mass is 171 g/mol. The predicted octanol–water partition coefficient (Wildman–Crippen LogP) is -0.361. The zero-order valence-electron chi connectivity index (χ0n) is 5.61. The first-order chi connectivity index (χ1) is 5.17. The molecule has 0 heterocycles. The van der Waals surface area contributed by atoms with E-state index in [-0.39, 0.29) is 4.90 Å². The Kier molecular flexibility index (Phi) is 2.23. The highest BCUT2D eigenvalue weighted by molar-refractivity contribution is 7.89. The van der Waals surface area contributed by atoms with E-state index in [1.807, 2.05) is 0 Å². The molecule has 0 amide bonds. The summed E-state index contributed by atoms with van der Waals surface area (Å²) < 4.78 is 21.9. The minimum Gasteiger partial charge on any atom is -0.257 e. The van der Waals surface area contributed by atoms with Crippen LogP contribution in [0, 0.1) is 6.07 Å². The van der Waals surface area contributed by atoms with Crippen LogP contribution < -0.4 is 10.7 Å². The van der Waals surface area contributed by atoms with Gasteiger partial charge in [0, 0.05) is 0 Å². The van der Waals surface area contributed by atoms with Crippen molar-refractivity contribution in [2.45, 2.75) is 4.90 Å². The van der Waals surface area contributed by atoms with Gasteiger partial charge in [0.1, 0.15) is 0 Å². The Hall–Kier alpha value is -0.910. The van der Waals surface area contributed by atoms with Crippen molar-refractivity contribution in [2.75, 3.05) is 0 Å². The maximum Gasteiger partial charge on any atom is 0.253 e. The Balaban J connectivity index is 3.14. The average Bonchev–Trinajstić information content (AvgIpc) is 2.06. The lowest BCUT2D eigenvalue weighted by atomic mass is 10.4. The summed E-state index contributed by atoms with van der Waals surface area (Å²) in [6.45, 7) is 0. The van der Waals surface area contributed by atoms with Crippen LogP contribution >= 0.6 is 0 Å². The van der Waals surface area contributed by atoms with Crippen LogP contribution in [-0.4, -0.2) is 8.42 Å². The van der Waals surface area contributed by atoms with E-state index < -0.39 is 10.0 Å². The van der Waals surface area contributed by atoms with E-state index in [9.17, 15) is 8.42 Å². The van der Waals surface area contributed by atoms with Crippen LogP contribution in [0.4, 0.5) is 0 Å². The molecule has 1 aromatic carbocycles. The first-order valence-electron chi connectivity index (χ1n) is 2.85. The second kappa shape index (κ2) is 3.00. The van der Waals surface area contributed by atoms with Crippen molar-refractivity contribution in [3.8, 4) is 0 Å². The molecule has 3 N–H and O–H groups in total. The normalized spacial score (nSPS) is 11.4. The summed E-state index contributed by atoms with van der Waals surface area (Å²) in [6, 6.07) is 8.59. The Morgan fingerprint density at radius 1 is 1.55 bits per heavy atom. The molecule has 59 valence electrons. The summed E-state index contributed by atoms with van der Waals surface area (Å²) in [6.07, 6.45) is 0. The molecule has 1 aromatic rings. The van der Waals surface area contributed by atoms with Crippen LogP contribution in [0.5, 0.6) is 0 Å². The summed E-state index contributed by atoms with van der Waals surface area (Å²) in [7, 11) is -3.50. The van der Waals surface area contributed by atoms with Crippen molar-refractivity contribution in [3.63, 3.8) is 0 Å². The van der Waals surface area contributed by atoms with Crippen molar-refractivity contribution in [2.24, 2.45) is 5.84 Å². The predicted molar refractivity (Wildman–Crippen MR) is 39.8 cm³/mol. The Morgan fingerprint density at radius 3 is 2.73 bits per heavy atom. The first-order valence-corrected chi connectivity index (χ1v) is 4.33. The van der Waals surface area contributed by atoms with E-state index in [1.54, 1.807) is 17.0 Å². The van der Waals surface area contributed by atoms with Crippen LogP contribution in [0.2, 0.25) is 0 Å². The molecule has 0 aromatic heterocycles. The van der Waals surface area contributed by atoms with E-state index in [4.69, 9.17) is 5.84 Å². The lowest BCUT2D eigenvalue weighted by molar-refractivity contribution is 0.584. The molecule has 5 heteroatoms. The number of nitrogens with two attached hydrogens (primary N) is 1. The molecule has 0 fully saturated rings. The molecule has 0 saturated carbocycles. The van der Waals surface area contributed by atoms with Crippen molar-refractivity contribution in [3.05, 3.63) is 30.3 Å². The van der Waals surface area contributed by atoms with Gasteiger partial charge in [-0.25, -0.2) is 8.42 Å². The zero-order valence-corrected chi connectivity index (χ0v) is 6.43. The van der Waals surface area contributed by atoms with Gasteiger partial charge in [-0.15, -0.1) is 0 Å². The molecule has 0 atom stereocenters. The topological polar surface area (TPSA) is 72.2 Å². The number of nitrogens with one attached hydrogen (secondary N) is 1. The Morgan fingerprint density at radius 2 is 2.27 bits per heavy atom. The van der Waals surface area contributed by atoms with Crippen LogP contribution in [0.3, 0.4) is 0 Å². The third-order valence-electron chi connectivity index (χ3n) is 1.14. The van der Waals surface area contributed by atoms with E-state index in [1.165, 1.54) is 12.1 Å². The van der Waals surface area contributed by atoms with Crippen molar-refractivity contribution in [1.82, 2.24) is 4.83 Å². The van der Waals surface area contributed by atoms with Gasteiger partial charge in [-0.2, -0.15) is 4.83 Å². The second-order valence-corrected chi connectivity index (χ2v) is 3.57. The lowest BCUT2D eigenvalue weighted by Crippen LogP contribution is -2.30. The van der Waals surface area contributed by atoms with Gasteiger partial charge in [-0.3, -0.25) is 5.84 Å². The fourth-order valence-corrected chi connectivity index (χ4v) is 1.23. The smallest absolute Gasteiger partial charge is 0.253 e. The van der Waals surface area contributed by atoms with E-state index >= 15 is 0 Å². The van der Waals surface area contributed by atoms with Crippen LogP contribution in [0.1, 0.15) is 0 Å².